The summed E-state index contributed by atoms with van der Waals surface area (Å²) in [6, 6.07) is 6.79. The quantitative estimate of drug-likeness (QED) is 0.533. The molecule has 0 aliphatic heterocycles. The van der Waals surface area contributed by atoms with Crippen molar-refractivity contribution in [3.8, 4) is 17.3 Å². The topological polar surface area (TPSA) is 75.5 Å². The molecule has 0 aliphatic rings. The van der Waals surface area contributed by atoms with Crippen LogP contribution in [0.5, 0.6) is 11.5 Å². The van der Waals surface area contributed by atoms with Gasteiger partial charge in [0.15, 0.2) is 11.5 Å². The zero-order valence-corrected chi connectivity index (χ0v) is 14.0. The predicted molar refractivity (Wildman–Crippen MR) is 88.3 cm³/mol. The second-order valence-corrected chi connectivity index (χ2v) is 5.17. The van der Waals surface area contributed by atoms with Crippen molar-refractivity contribution in [2.75, 3.05) is 21.3 Å². The molecule has 7 nitrogen and oxygen atoms in total. The minimum absolute atomic E-state index is 0.0571. The molecule has 0 unspecified atom stereocenters. The fraction of sp³-hybridized carbons (Fsp3) is 0.188. The molecule has 124 valence electrons. The summed E-state index contributed by atoms with van der Waals surface area (Å²) in [7, 11) is 4.41. The van der Waals surface area contributed by atoms with E-state index in [9.17, 15) is 4.79 Å². The van der Waals surface area contributed by atoms with Crippen molar-refractivity contribution in [2.45, 2.75) is 0 Å². The van der Waals surface area contributed by atoms with Crippen LogP contribution in [0.1, 0.15) is 10.4 Å². The highest BCUT2D eigenvalue weighted by Crippen LogP contribution is 2.32. The van der Waals surface area contributed by atoms with Crippen LogP contribution in [0.4, 0.5) is 0 Å². The third-order valence-electron chi connectivity index (χ3n) is 3.54. The van der Waals surface area contributed by atoms with E-state index < -0.39 is 5.97 Å². The molecule has 0 fully saturated rings. The van der Waals surface area contributed by atoms with E-state index in [2.05, 4.69) is 14.7 Å². The van der Waals surface area contributed by atoms with E-state index in [0.29, 0.717) is 22.8 Å². The molecule has 0 spiro atoms. The highest BCUT2D eigenvalue weighted by atomic mass is 35.5. The van der Waals surface area contributed by atoms with Crippen LogP contribution >= 0.6 is 11.6 Å². The standard InChI is InChI=1S/C16H14ClN3O4/c1-22-12-6-10-11(7-13(12)23-2)20(8-18-10)14-5-4-9(15(17)19-14)16(21)24-3/h4-8H,1-3H3. The Kier molecular flexibility index (Phi) is 4.26. The Balaban J connectivity index is 2.13. The molecule has 8 heteroatoms. The number of carbonyl (C=O) groups excluding carboxylic acids is 1. The molecule has 0 saturated heterocycles. The van der Waals surface area contributed by atoms with Gasteiger partial charge in [0.2, 0.25) is 0 Å². The minimum Gasteiger partial charge on any atom is -0.493 e. The van der Waals surface area contributed by atoms with Crippen LogP contribution in [0.15, 0.2) is 30.6 Å². The van der Waals surface area contributed by atoms with E-state index >= 15 is 0 Å². The molecule has 2 heterocycles. The average molecular weight is 348 g/mol. The first-order chi connectivity index (χ1) is 11.6. The van der Waals surface area contributed by atoms with Crippen LogP contribution < -0.4 is 9.47 Å². The van der Waals surface area contributed by atoms with Crippen LogP contribution in [0.2, 0.25) is 5.15 Å². The summed E-state index contributed by atoms with van der Waals surface area (Å²) in [5.74, 6) is 1.13. The number of hydrogen-bond donors (Lipinski definition) is 0. The van der Waals surface area contributed by atoms with E-state index in [1.54, 1.807) is 49.4 Å². The summed E-state index contributed by atoms with van der Waals surface area (Å²) in [5.41, 5.74) is 1.68. The predicted octanol–water partition coefficient (Wildman–Crippen LogP) is 2.88. The highest BCUT2D eigenvalue weighted by molar-refractivity contribution is 6.32. The number of hydrogen-bond acceptors (Lipinski definition) is 6. The first-order valence-corrected chi connectivity index (χ1v) is 7.31. The van der Waals surface area contributed by atoms with Crippen molar-refractivity contribution in [2.24, 2.45) is 0 Å². The highest BCUT2D eigenvalue weighted by Gasteiger charge is 2.15. The van der Waals surface area contributed by atoms with E-state index in [4.69, 9.17) is 21.1 Å². The summed E-state index contributed by atoms with van der Waals surface area (Å²) < 4.78 is 17.0. The molecule has 1 aromatic carbocycles. The van der Waals surface area contributed by atoms with Gasteiger partial charge in [0, 0.05) is 12.1 Å². The van der Waals surface area contributed by atoms with E-state index in [-0.39, 0.29) is 10.7 Å². The Morgan fingerprint density at radius 2 is 1.83 bits per heavy atom. The molecule has 3 aromatic rings. The number of esters is 1. The lowest BCUT2D eigenvalue weighted by Gasteiger charge is -2.09. The molecule has 0 N–H and O–H groups in total. The lowest BCUT2D eigenvalue weighted by molar-refractivity contribution is 0.0600. The van der Waals surface area contributed by atoms with Crippen molar-refractivity contribution in [3.05, 3.63) is 41.3 Å². The van der Waals surface area contributed by atoms with Gasteiger partial charge in [-0.2, -0.15) is 0 Å². The second-order valence-electron chi connectivity index (χ2n) is 4.81. The number of pyridine rings is 1. The summed E-state index contributed by atoms with van der Waals surface area (Å²) in [4.78, 5) is 20.2. The lowest BCUT2D eigenvalue weighted by atomic mass is 10.2. The molecule has 2 aromatic heterocycles. The van der Waals surface area contributed by atoms with Crippen molar-refractivity contribution < 1.29 is 19.0 Å². The lowest BCUT2D eigenvalue weighted by Crippen LogP contribution is -2.05. The molecular formula is C16H14ClN3O4. The zero-order valence-electron chi connectivity index (χ0n) is 13.2. The number of nitrogens with zero attached hydrogens (tertiary/aromatic N) is 3. The number of benzene rings is 1. The maximum atomic E-state index is 11.6. The fourth-order valence-corrected chi connectivity index (χ4v) is 2.57. The van der Waals surface area contributed by atoms with Crippen LogP contribution in [-0.2, 0) is 4.74 Å². The zero-order chi connectivity index (χ0) is 17.3. The summed E-state index contributed by atoms with van der Waals surface area (Å²) >= 11 is 6.09. The van der Waals surface area contributed by atoms with Gasteiger partial charge < -0.3 is 14.2 Å². The van der Waals surface area contributed by atoms with Crippen molar-refractivity contribution in [1.29, 1.82) is 0 Å². The van der Waals surface area contributed by atoms with Gasteiger partial charge in [-0.1, -0.05) is 11.6 Å². The first-order valence-electron chi connectivity index (χ1n) is 6.93. The molecule has 3 rings (SSSR count). The number of aromatic nitrogens is 3. The summed E-state index contributed by atoms with van der Waals surface area (Å²) in [6.45, 7) is 0. The Bertz CT molecular complexity index is 923. The average Bonchev–Trinajstić information content (AvgIpc) is 3.02. The minimum atomic E-state index is -0.541. The van der Waals surface area contributed by atoms with Gasteiger partial charge in [0.05, 0.1) is 37.9 Å². The number of rotatable bonds is 4. The van der Waals surface area contributed by atoms with Crippen molar-refractivity contribution >= 4 is 28.6 Å². The molecule has 0 atom stereocenters. The van der Waals surface area contributed by atoms with Crippen LogP contribution in [0.25, 0.3) is 16.9 Å². The third-order valence-corrected chi connectivity index (χ3v) is 3.83. The van der Waals surface area contributed by atoms with Gasteiger partial charge in [-0.3, -0.25) is 4.57 Å². The maximum Gasteiger partial charge on any atom is 0.341 e. The normalized spacial score (nSPS) is 10.7. The molecule has 0 aliphatic carbocycles. The van der Waals surface area contributed by atoms with Gasteiger partial charge in [-0.25, -0.2) is 14.8 Å². The van der Waals surface area contributed by atoms with Crippen molar-refractivity contribution in [3.63, 3.8) is 0 Å². The number of fused-ring (bicyclic) bond motifs is 1. The molecule has 0 amide bonds. The number of imidazole rings is 1. The van der Waals surface area contributed by atoms with Gasteiger partial charge in [0.25, 0.3) is 0 Å². The summed E-state index contributed by atoms with van der Waals surface area (Å²) in [5, 5.41) is 0.0571. The molecule has 0 saturated carbocycles. The Hall–Kier alpha value is -2.80. The molecular weight excluding hydrogens is 334 g/mol. The number of carbonyl (C=O) groups is 1. The Labute approximate surface area is 142 Å². The number of halogens is 1. The van der Waals surface area contributed by atoms with Crippen molar-refractivity contribution in [1.82, 2.24) is 14.5 Å². The maximum absolute atomic E-state index is 11.6. The van der Waals surface area contributed by atoms with Crippen LogP contribution in [0, 0.1) is 0 Å². The van der Waals surface area contributed by atoms with Gasteiger partial charge in [-0.05, 0) is 12.1 Å². The largest absolute Gasteiger partial charge is 0.493 e. The Morgan fingerprint density at radius 3 is 2.46 bits per heavy atom. The second kappa shape index (κ2) is 6.37. The fourth-order valence-electron chi connectivity index (χ4n) is 2.34. The molecule has 24 heavy (non-hydrogen) atoms. The Morgan fingerprint density at radius 1 is 1.12 bits per heavy atom. The van der Waals surface area contributed by atoms with Crippen LogP contribution in [-0.4, -0.2) is 41.8 Å². The smallest absolute Gasteiger partial charge is 0.341 e. The number of methoxy groups -OCH3 is 3. The molecule has 0 bridgehead atoms. The third kappa shape index (κ3) is 2.63. The number of ether oxygens (including phenoxy) is 3. The monoisotopic (exact) mass is 347 g/mol. The van der Waals surface area contributed by atoms with E-state index in [1.165, 1.54) is 7.11 Å². The molecule has 0 radical (unpaired) electrons. The van der Waals surface area contributed by atoms with Crippen LogP contribution in [0.3, 0.4) is 0 Å². The SMILES string of the molecule is COC(=O)c1ccc(-n2cnc3cc(OC)c(OC)cc32)nc1Cl. The van der Waals surface area contributed by atoms with E-state index in [1.807, 2.05) is 0 Å². The first kappa shape index (κ1) is 16.1. The van der Waals surface area contributed by atoms with E-state index in [0.717, 1.165) is 5.52 Å². The van der Waals surface area contributed by atoms with Gasteiger partial charge in [-0.15, -0.1) is 0 Å². The van der Waals surface area contributed by atoms with Gasteiger partial charge in [0.1, 0.15) is 17.3 Å². The van der Waals surface area contributed by atoms with Gasteiger partial charge >= 0.3 is 5.97 Å². The summed E-state index contributed by atoms with van der Waals surface area (Å²) in [6.07, 6.45) is 1.61.